The van der Waals surface area contributed by atoms with Crippen molar-refractivity contribution < 1.29 is 22.9 Å². The minimum atomic E-state index is -3.16. The lowest BCUT2D eigenvalue weighted by Crippen LogP contribution is -1.88. The van der Waals surface area contributed by atoms with Crippen LogP contribution in [0.5, 0.6) is 0 Å². The fourth-order valence-corrected chi connectivity index (χ4v) is 1.18. The SMILES string of the molecule is C1CCOC1.COP(=O)(OC)OC. The zero-order valence-electron chi connectivity index (χ0n) is 8.32. The van der Waals surface area contributed by atoms with Crippen LogP contribution in [0.15, 0.2) is 0 Å². The highest BCUT2D eigenvalue weighted by Crippen LogP contribution is 2.46. The Morgan fingerprint density at radius 1 is 1.00 bits per heavy atom. The molecule has 0 aromatic heterocycles. The van der Waals surface area contributed by atoms with Crippen molar-refractivity contribution in [3.8, 4) is 0 Å². The highest BCUT2D eigenvalue weighted by molar-refractivity contribution is 7.48. The summed E-state index contributed by atoms with van der Waals surface area (Å²) >= 11 is 0. The molecule has 1 saturated heterocycles. The normalized spacial score (nSPS) is 16.5. The summed E-state index contributed by atoms with van der Waals surface area (Å²) in [7, 11) is 0.611. The minimum absolute atomic E-state index is 1.00. The van der Waals surface area contributed by atoms with Crippen LogP contribution in [0.4, 0.5) is 0 Å². The lowest BCUT2D eigenvalue weighted by atomic mass is 10.4. The monoisotopic (exact) mass is 212 g/mol. The second-order valence-corrected chi connectivity index (χ2v) is 4.30. The Labute approximate surface area is 78.9 Å². The van der Waals surface area contributed by atoms with Gasteiger partial charge in [0.05, 0.1) is 0 Å². The summed E-state index contributed by atoms with van der Waals surface area (Å²) in [5.41, 5.74) is 0. The van der Waals surface area contributed by atoms with Crippen LogP contribution in [-0.2, 0) is 22.9 Å². The van der Waals surface area contributed by atoms with Crippen LogP contribution in [-0.4, -0.2) is 34.5 Å². The van der Waals surface area contributed by atoms with Crippen molar-refractivity contribution in [2.75, 3.05) is 34.5 Å². The molecule has 0 N–H and O–H groups in total. The van der Waals surface area contributed by atoms with Gasteiger partial charge in [-0.3, -0.25) is 13.6 Å². The third kappa shape index (κ3) is 6.18. The predicted molar refractivity (Wildman–Crippen MR) is 48.7 cm³/mol. The van der Waals surface area contributed by atoms with E-state index in [9.17, 15) is 4.57 Å². The molecule has 0 unspecified atom stereocenters. The van der Waals surface area contributed by atoms with E-state index in [4.69, 9.17) is 4.74 Å². The number of hydrogen-bond donors (Lipinski definition) is 0. The Kier molecular flexibility index (Phi) is 7.51. The van der Waals surface area contributed by atoms with Gasteiger partial charge in [-0.05, 0) is 12.8 Å². The van der Waals surface area contributed by atoms with Crippen LogP contribution in [0.1, 0.15) is 12.8 Å². The molecule has 0 bridgehead atoms. The summed E-state index contributed by atoms with van der Waals surface area (Å²) in [6.45, 7) is 2.00. The van der Waals surface area contributed by atoms with E-state index < -0.39 is 7.82 Å². The first kappa shape index (κ1) is 13.1. The van der Waals surface area contributed by atoms with Gasteiger partial charge in [-0.15, -0.1) is 0 Å². The molecule has 1 aliphatic rings. The molecule has 0 saturated carbocycles. The second-order valence-electron chi connectivity index (χ2n) is 2.31. The van der Waals surface area contributed by atoms with E-state index in [-0.39, 0.29) is 0 Å². The van der Waals surface area contributed by atoms with E-state index in [2.05, 4.69) is 13.6 Å². The molecule has 0 amide bonds. The molecule has 1 rings (SSSR count). The summed E-state index contributed by atoms with van der Waals surface area (Å²) in [5, 5.41) is 0. The molecule has 0 atom stereocenters. The van der Waals surface area contributed by atoms with E-state index in [1.807, 2.05) is 0 Å². The minimum Gasteiger partial charge on any atom is -0.381 e. The highest BCUT2D eigenvalue weighted by atomic mass is 31.2. The van der Waals surface area contributed by atoms with Crippen LogP contribution in [0, 0.1) is 0 Å². The highest BCUT2D eigenvalue weighted by Gasteiger charge is 2.18. The number of phosphoric acid groups is 1. The fourth-order valence-electron chi connectivity index (χ4n) is 0.734. The van der Waals surface area contributed by atoms with Gasteiger partial charge in [-0.2, -0.15) is 0 Å². The van der Waals surface area contributed by atoms with Crippen LogP contribution in [0.3, 0.4) is 0 Å². The first-order valence-corrected chi connectivity index (χ1v) is 5.49. The Balaban J connectivity index is 0.000000243. The molecule has 0 aromatic rings. The molecule has 13 heavy (non-hydrogen) atoms. The van der Waals surface area contributed by atoms with Crippen LogP contribution < -0.4 is 0 Å². The zero-order chi connectivity index (χ0) is 10.2. The van der Waals surface area contributed by atoms with E-state index >= 15 is 0 Å². The van der Waals surface area contributed by atoms with Crippen molar-refractivity contribution in [3.05, 3.63) is 0 Å². The van der Waals surface area contributed by atoms with E-state index in [0.717, 1.165) is 13.2 Å². The van der Waals surface area contributed by atoms with Gasteiger partial charge < -0.3 is 4.74 Å². The summed E-state index contributed by atoms with van der Waals surface area (Å²) in [6, 6.07) is 0. The molecule has 1 heterocycles. The number of hydrogen-bond acceptors (Lipinski definition) is 5. The molecule has 1 aliphatic heterocycles. The Morgan fingerprint density at radius 3 is 1.46 bits per heavy atom. The Morgan fingerprint density at radius 2 is 1.38 bits per heavy atom. The summed E-state index contributed by atoms with van der Waals surface area (Å²) in [6.07, 6.45) is 2.56. The van der Waals surface area contributed by atoms with Crippen LogP contribution >= 0.6 is 7.82 Å². The van der Waals surface area contributed by atoms with Crippen LogP contribution in [0.25, 0.3) is 0 Å². The average molecular weight is 212 g/mol. The van der Waals surface area contributed by atoms with Gasteiger partial charge in [0.1, 0.15) is 0 Å². The van der Waals surface area contributed by atoms with Gasteiger partial charge in [0.25, 0.3) is 0 Å². The van der Waals surface area contributed by atoms with Gasteiger partial charge in [-0.1, -0.05) is 0 Å². The van der Waals surface area contributed by atoms with E-state index in [1.54, 1.807) is 0 Å². The predicted octanol–water partition coefficient (Wildman–Crippen LogP) is 1.83. The molecule has 0 spiro atoms. The van der Waals surface area contributed by atoms with Gasteiger partial charge in [0.15, 0.2) is 0 Å². The maximum atomic E-state index is 10.7. The zero-order valence-corrected chi connectivity index (χ0v) is 9.21. The summed E-state index contributed by atoms with van der Waals surface area (Å²) < 4.78 is 28.6. The first-order chi connectivity index (χ1) is 6.18. The molecule has 0 aliphatic carbocycles. The standard InChI is InChI=1S/C4H8O.C3H9O4P/c1-2-4-5-3-1;1-5-8(4,6-2)7-3/h1-4H2;1-3H3. The average Bonchev–Trinajstić information content (AvgIpc) is 2.75. The maximum absolute atomic E-state index is 10.7. The summed E-state index contributed by atoms with van der Waals surface area (Å²) in [5.74, 6) is 0. The molecular weight excluding hydrogens is 195 g/mol. The quantitative estimate of drug-likeness (QED) is 0.668. The first-order valence-electron chi connectivity index (χ1n) is 4.03. The molecule has 0 radical (unpaired) electrons. The Hall–Kier alpha value is 0.0700. The van der Waals surface area contributed by atoms with E-state index in [1.165, 1.54) is 34.2 Å². The molecule has 5 nitrogen and oxygen atoms in total. The lowest BCUT2D eigenvalue weighted by molar-refractivity contribution is 0.178. The topological polar surface area (TPSA) is 54.0 Å². The molecular formula is C7H17O5P. The number of ether oxygens (including phenoxy) is 1. The van der Waals surface area contributed by atoms with E-state index in [0.29, 0.717) is 0 Å². The number of phosphoric ester groups is 1. The lowest BCUT2D eigenvalue weighted by Gasteiger charge is -2.08. The Bertz CT molecular complexity index is 130. The summed E-state index contributed by atoms with van der Waals surface area (Å²) in [4.78, 5) is 0. The van der Waals surface area contributed by atoms with Gasteiger partial charge >= 0.3 is 7.82 Å². The smallest absolute Gasteiger partial charge is 0.381 e. The molecule has 0 aromatic carbocycles. The van der Waals surface area contributed by atoms with Crippen molar-refractivity contribution in [3.63, 3.8) is 0 Å². The largest absolute Gasteiger partial charge is 0.473 e. The molecule has 80 valence electrons. The van der Waals surface area contributed by atoms with Gasteiger partial charge in [-0.25, -0.2) is 4.57 Å². The van der Waals surface area contributed by atoms with Crippen LogP contribution in [0.2, 0.25) is 0 Å². The van der Waals surface area contributed by atoms with Gasteiger partial charge in [0.2, 0.25) is 0 Å². The van der Waals surface area contributed by atoms with Gasteiger partial charge in [0, 0.05) is 34.5 Å². The third-order valence-electron chi connectivity index (χ3n) is 1.50. The fraction of sp³-hybridized carbons (Fsp3) is 1.00. The van der Waals surface area contributed by atoms with Crippen molar-refractivity contribution in [2.45, 2.75) is 12.8 Å². The molecule has 6 heteroatoms. The molecule has 1 fully saturated rings. The maximum Gasteiger partial charge on any atom is 0.473 e. The van der Waals surface area contributed by atoms with Crippen molar-refractivity contribution in [2.24, 2.45) is 0 Å². The second kappa shape index (κ2) is 7.47. The third-order valence-corrected chi connectivity index (χ3v) is 2.84. The van der Waals surface area contributed by atoms with Crippen molar-refractivity contribution in [1.82, 2.24) is 0 Å². The number of rotatable bonds is 3. The van der Waals surface area contributed by atoms with Crippen molar-refractivity contribution in [1.29, 1.82) is 0 Å². The van der Waals surface area contributed by atoms with Crippen molar-refractivity contribution >= 4 is 7.82 Å².